The molecular formula is C14H18N2. The fourth-order valence-electron chi connectivity index (χ4n) is 1.50. The van der Waals surface area contributed by atoms with Crippen LogP contribution in [0.2, 0.25) is 0 Å². The van der Waals surface area contributed by atoms with Crippen molar-refractivity contribution in [3.63, 3.8) is 0 Å². The van der Waals surface area contributed by atoms with Crippen LogP contribution in [0.5, 0.6) is 0 Å². The average Bonchev–Trinajstić information content (AvgIpc) is 2.35. The lowest BCUT2D eigenvalue weighted by Crippen LogP contribution is -2.31. The fourth-order valence-corrected chi connectivity index (χ4v) is 1.50. The maximum Gasteiger partial charge on any atom is 0.0889 e. The van der Waals surface area contributed by atoms with Crippen LogP contribution in [-0.2, 0) is 0 Å². The van der Waals surface area contributed by atoms with E-state index in [1.807, 2.05) is 64.3 Å². The fraction of sp³-hybridized carbons (Fsp3) is 0.286. The molecule has 0 atom stereocenters. The summed E-state index contributed by atoms with van der Waals surface area (Å²) in [6.45, 7) is 7.95. The van der Waals surface area contributed by atoms with E-state index < -0.39 is 0 Å². The molecule has 0 aliphatic carbocycles. The van der Waals surface area contributed by atoms with Gasteiger partial charge in [-0.25, -0.2) is 4.98 Å². The molecule has 84 valence electrons. The smallest absolute Gasteiger partial charge is 0.0889 e. The molecule has 2 nitrogen and oxygen atoms in total. The third-order valence-electron chi connectivity index (χ3n) is 2.33. The highest BCUT2D eigenvalue weighted by molar-refractivity contribution is 5.70. The van der Waals surface area contributed by atoms with Crippen molar-refractivity contribution >= 4 is 17.7 Å². The predicted molar refractivity (Wildman–Crippen MR) is 70.0 cm³/mol. The first-order valence-electron chi connectivity index (χ1n) is 5.52. The molecule has 0 bridgehead atoms. The number of allylic oxidation sites excluding steroid dienone is 4. The minimum absolute atomic E-state index is 0.916. The zero-order chi connectivity index (χ0) is 12.0. The Morgan fingerprint density at radius 1 is 1.06 bits per heavy atom. The second-order valence-corrected chi connectivity index (χ2v) is 3.35. The molecule has 0 aromatic carbocycles. The van der Waals surface area contributed by atoms with Crippen molar-refractivity contribution in [3.05, 3.63) is 40.8 Å². The quantitative estimate of drug-likeness (QED) is 0.704. The Morgan fingerprint density at radius 2 is 1.75 bits per heavy atom. The van der Waals surface area contributed by atoms with Gasteiger partial charge in [-0.3, -0.25) is 4.98 Å². The summed E-state index contributed by atoms with van der Waals surface area (Å²) in [7, 11) is 0. The Balaban J connectivity index is 3.40. The van der Waals surface area contributed by atoms with Crippen molar-refractivity contribution in [1.82, 2.24) is 9.97 Å². The zero-order valence-electron chi connectivity index (χ0n) is 10.4. The van der Waals surface area contributed by atoms with E-state index in [0.717, 1.165) is 22.0 Å². The summed E-state index contributed by atoms with van der Waals surface area (Å²) in [6, 6.07) is 0. The van der Waals surface area contributed by atoms with Crippen molar-refractivity contribution < 1.29 is 0 Å². The third kappa shape index (κ3) is 2.66. The molecule has 0 saturated heterocycles. The first-order valence-corrected chi connectivity index (χ1v) is 5.52. The molecule has 0 saturated carbocycles. The van der Waals surface area contributed by atoms with Crippen LogP contribution in [0.25, 0.3) is 17.7 Å². The number of hydrogen-bond donors (Lipinski definition) is 0. The standard InChI is InChI=1S/C14H18N2/c1-5-9-11(6-2)14-10-15-12(7-3)13(8-4)16-14/h5-10H,1-4H3/b9-5-,11-6+,12-7+,13-8+. The highest BCUT2D eigenvalue weighted by Gasteiger charge is 1.98. The van der Waals surface area contributed by atoms with Gasteiger partial charge in [-0.05, 0) is 33.3 Å². The molecular weight excluding hydrogens is 196 g/mol. The van der Waals surface area contributed by atoms with E-state index in [1.165, 1.54) is 0 Å². The van der Waals surface area contributed by atoms with Crippen molar-refractivity contribution in [2.24, 2.45) is 0 Å². The van der Waals surface area contributed by atoms with Gasteiger partial charge in [-0.2, -0.15) is 0 Å². The normalized spacial score (nSPS) is 15.1. The molecule has 0 N–H and O–H groups in total. The van der Waals surface area contributed by atoms with Gasteiger partial charge in [-0.15, -0.1) is 0 Å². The van der Waals surface area contributed by atoms with Gasteiger partial charge < -0.3 is 0 Å². The Labute approximate surface area is 96.8 Å². The minimum Gasteiger partial charge on any atom is -0.253 e. The Hall–Kier alpha value is -1.70. The lowest BCUT2D eigenvalue weighted by Gasteiger charge is -2.00. The lowest BCUT2D eigenvalue weighted by atomic mass is 10.1. The van der Waals surface area contributed by atoms with Crippen LogP contribution >= 0.6 is 0 Å². The number of rotatable bonds is 2. The maximum atomic E-state index is 4.58. The molecule has 1 rings (SSSR count). The van der Waals surface area contributed by atoms with Crippen LogP contribution < -0.4 is 10.7 Å². The van der Waals surface area contributed by atoms with Gasteiger partial charge in [0.1, 0.15) is 0 Å². The van der Waals surface area contributed by atoms with Gasteiger partial charge >= 0.3 is 0 Å². The molecule has 0 unspecified atom stereocenters. The molecule has 0 spiro atoms. The lowest BCUT2D eigenvalue weighted by molar-refractivity contribution is 1.07. The summed E-state index contributed by atoms with van der Waals surface area (Å²) >= 11 is 0. The van der Waals surface area contributed by atoms with E-state index in [2.05, 4.69) is 9.97 Å². The van der Waals surface area contributed by atoms with Gasteiger partial charge in [-0.1, -0.05) is 30.4 Å². The van der Waals surface area contributed by atoms with E-state index >= 15 is 0 Å². The number of hydrogen-bond acceptors (Lipinski definition) is 2. The highest BCUT2D eigenvalue weighted by atomic mass is 14.8. The van der Waals surface area contributed by atoms with E-state index in [-0.39, 0.29) is 0 Å². The van der Waals surface area contributed by atoms with Crippen LogP contribution in [0.1, 0.15) is 33.4 Å². The molecule has 2 heteroatoms. The monoisotopic (exact) mass is 214 g/mol. The van der Waals surface area contributed by atoms with Crippen LogP contribution in [-0.4, -0.2) is 9.97 Å². The molecule has 1 aromatic rings. The molecule has 1 heterocycles. The van der Waals surface area contributed by atoms with Crippen molar-refractivity contribution in [2.45, 2.75) is 27.7 Å². The molecule has 1 aromatic heterocycles. The summed E-state index contributed by atoms with van der Waals surface area (Å²) in [5.41, 5.74) is 2.01. The van der Waals surface area contributed by atoms with Crippen LogP contribution in [0.4, 0.5) is 0 Å². The number of aromatic nitrogens is 2. The summed E-state index contributed by atoms with van der Waals surface area (Å²) in [5.74, 6) is 0. The Kier molecular flexibility index (Phi) is 4.65. The van der Waals surface area contributed by atoms with Gasteiger partial charge in [0.25, 0.3) is 0 Å². The van der Waals surface area contributed by atoms with E-state index in [1.54, 1.807) is 0 Å². The van der Waals surface area contributed by atoms with Crippen LogP contribution in [0.3, 0.4) is 0 Å². The molecule has 16 heavy (non-hydrogen) atoms. The topological polar surface area (TPSA) is 25.8 Å². The SMILES string of the molecule is C/C=C\C(=C/C)c1cnc(=C/C)/c(=C\C)n1. The summed E-state index contributed by atoms with van der Waals surface area (Å²) in [6.07, 6.45) is 11.9. The van der Waals surface area contributed by atoms with E-state index in [4.69, 9.17) is 0 Å². The first-order chi connectivity index (χ1) is 7.76. The van der Waals surface area contributed by atoms with Gasteiger partial charge in [0.05, 0.1) is 22.6 Å². The summed E-state index contributed by atoms with van der Waals surface area (Å²) in [4.78, 5) is 8.98. The molecule has 0 radical (unpaired) electrons. The largest absolute Gasteiger partial charge is 0.253 e. The highest BCUT2D eigenvalue weighted by Crippen LogP contribution is 2.09. The van der Waals surface area contributed by atoms with Gasteiger partial charge in [0, 0.05) is 0 Å². The van der Waals surface area contributed by atoms with Crippen molar-refractivity contribution in [1.29, 1.82) is 0 Å². The second kappa shape index (κ2) is 6.01. The number of nitrogens with zero attached hydrogens (tertiary/aromatic N) is 2. The first kappa shape index (κ1) is 12.4. The predicted octanol–water partition coefficient (Wildman–Crippen LogP) is 2.06. The summed E-state index contributed by atoms with van der Waals surface area (Å²) < 4.78 is 0. The molecule has 0 aliphatic heterocycles. The van der Waals surface area contributed by atoms with Gasteiger partial charge in [0.15, 0.2) is 0 Å². The summed E-state index contributed by atoms with van der Waals surface area (Å²) in [5, 5.41) is 1.87. The molecule has 0 fully saturated rings. The third-order valence-corrected chi connectivity index (χ3v) is 2.33. The molecule has 0 amide bonds. The second-order valence-electron chi connectivity index (χ2n) is 3.35. The maximum absolute atomic E-state index is 4.58. The average molecular weight is 214 g/mol. The Bertz CT molecular complexity index is 522. The van der Waals surface area contributed by atoms with Gasteiger partial charge in [0.2, 0.25) is 0 Å². The van der Waals surface area contributed by atoms with E-state index in [0.29, 0.717) is 0 Å². The zero-order valence-corrected chi connectivity index (χ0v) is 10.4. The molecule has 0 aliphatic rings. The van der Waals surface area contributed by atoms with E-state index in [9.17, 15) is 0 Å². The minimum atomic E-state index is 0.916. The van der Waals surface area contributed by atoms with Crippen LogP contribution in [0, 0.1) is 0 Å². The van der Waals surface area contributed by atoms with Crippen LogP contribution in [0.15, 0.2) is 24.4 Å². The van der Waals surface area contributed by atoms with Crippen molar-refractivity contribution in [3.8, 4) is 0 Å². The van der Waals surface area contributed by atoms with Crippen molar-refractivity contribution in [2.75, 3.05) is 0 Å². The Morgan fingerprint density at radius 3 is 2.25 bits per heavy atom.